The van der Waals surface area contributed by atoms with Crippen molar-refractivity contribution in [2.75, 3.05) is 46.8 Å². The molecule has 1 fully saturated rings. The van der Waals surface area contributed by atoms with E-state index in [9.17, 15) is 0 Å². The lowest BCUT2D eigenvalue weighted by molar-refractivity contribution is 0.114. The molecular formula is C11H25N3. The fourth-order valence-corrected chi connectivity index (χ4v) is 2.02. The first-order valence-corrected chi connectivity index (χ1v) is 5.81. The quantitative estimate of drug-likeness (QED) is 0.655. The first kappa shape index (κ1) is 12.0. The molecule has 0 bridgehead atoms. The van der Waals surface area contributed by atoms with E-state index >= 15 is 0 Å². The number of hydrogen-bond acceptors (Lipinski definition) is 3. The normalized spacial score (nSPS) is 22.5. The Hall–Kier alpha value is -0.120. The molecule has 0 aromatic heterocycles. The minimum atomic E-state index is 0.761. The van der Waals surface area contributed by atoms with E-state index in [2.05, 4.69) is 29.1 Å². The smallest absolute Gasteiger partial charge is 0.0113 e. The molecule has 3 nitrogen and oxygen atoms in total. The van der Waals surface area contributed by atoms with Gasteiger partial charge in [-0.3, -0.25) is 4.90 Å². The Balaban J connectivity index is 2.13. The van der Waals surface area contributed by atoms with Crippen LogP contribution < -0.4 is 5.32 Å². The van der Waals surface area contributed by atoms with Gasteiger partial charge in [-0.15, -0.1) is 0 Å². The lowest BCUT2D eigenvalue weighted by atomic mass is 10.1. The molecule has 0 aromatic carbocycles. The highest BCUT2D eigenvalue weighted by Crippen LogP contribution is 2.09. The van der Waals surface area contributed by atoms with E-state index in [1.165, 1.54) is 39.0 Å². The number of piperazine rings is 1. The summed E-state index contributed by atoms with van der Waals surface area (Å²) in [5.41, 5.74) is 0. The molecule has 0 spiro atoms. The van der Waals surface area contributed by atoms with Gasteiger partial charge in [0, 0.05) is 32.2 Å². The van der Waals surface area contributed by atoms with Gasteiger partial charge in [0.25, 0.3) is 0 Å². The van der Waals surface area contributed by atoms with Crippen molar-refractivity contribution in [1.82, 2.24) is 15.1 Å². The van der Waals surface area contributed by atoms with Crippen LogP contribution >= 0.6 is 0 Å². The third-order valence-electron chi connectivity index (χ3n) is 3.21. The number of hydrogen-bond donors (Lipinski definition) is 1. The van der Waals surface area contributed by atoms with E-state index < -0.39 is 0 Å². The Morgan fingerprint density at radius 2 is 1.86 bits per heavy atom. The maximum absolute atomic E-state index is 3.21. The van der Waals surface area contributed by atoms with Gasteiger partial charge in [-0.25, -0.2) is 0 Å². The highest BCUT2D eigenvalue weighted by Gasteiger charge is 2.18. The monoisotopic (exact) mass is 199 g/mol. The average Bonchev–Trinajstić information content (AvgIpc) is 2.19. The molecule has 1 N–H and O–H groups in total. The Morgan fingerprint density at radius 1 is 1.21 bits per heavy atom. The lowest BCUT2D eigenvalue weighted by Gasteiger charge is -2.36. The van der Waals surface area contributed by atoms with Crippen LogP contribution in [0.25, 0.3) is 0 Å². The van der Waals surface area contributed by atoms with E-state index in [4.69, 9.17) is 0 Å². The summed E-state index contributed by atoms with van der Waals surface area (Å²) < 4.78 is 0. The van der Waals surface area contributed by atoms with Crippen LogP contribution in [0.15, 0.2) is 0 Å². The predicted octanol–water partition coefficient (Wildman–Crippen LogP) is 0.622. The topological polar surface area (TPSA) is 18.5 Å². The summed E-state index contributed by atoms with van der Waals surface area (Å²) in [6, 6.07) is 0.761. The summed E-state index contributed by atoms with van der Waals surface area (Å²) in [6.07, 6.45) is 2.62. The van der Waals surface area contributed by atoms with Crippen LogP contribution in [0.2, 0.25) is 0 Å². The van der Waals surface area contributed by atoms with Gasteiger partial charge in [0.05, 0.1) is 0 Å². The molecule has 0 aromatic rings. The summed E-state index contributed by atoms with van der Waals surface area (Å²) in [6.45, 7) is 8.47. The van der Waals surface area contributed by atoms with Crippen molar-refractivity contribution in [3.63, 3.8) is 0 Å². The van der Waals surface area contributed by atoms with Crippen molar-refractivity contribution >= 4 is 0 Å². The molecule has 84 valence electrons. The van der Waals surface area contributed by atoms with Gasteiger partial charge in [0.1, 0.15) is 0 Å². The van der Waals surface area contributed by atoms with Gasteiger partial charge in [-0.1, -0.05) is 0 Å². The second kappa shape index (κ2) is 6.38. The fourth-order valence-electron chi connectivity index (χ4n) is 2.02. The molecule has 1 unspecified atom stereocenters. The standard InChI is InChI=1S/C11H25N3/c1-11(5-4-6-12-2)14-9-7-13(3)8-10-14/h11-12H,4-10H2,1-3H3. The van der Waals surface area contributed by atoms with Crippen LogP contribution in [-0.4, -0.2) is 62.7 Å². The largest absolute Gasteiger partial charge is 0.320 e. The zero-order valence-corrected chi connectivity index (χ0v) is 9.92. The molecule has 1 saturated heterocycles. The van der Waals surface area contributed by atoms with Gasteiger partial charge in [-0.05, 0) is 40.4 Å². The second-order valence-corrected chi connectivity index (χ2v) is 4.43. The summed E-state index contributed by atoms with van der Waals surface area (Å²) >= 11 is 0. The number of likely N-dealkylation sites (N-methyl/N-ethyl adjacent to an activating group) is 1. The van der Waals surface area contributed by atoms with Crippen molar-refractivity contribution in [2.45, 2.75) is 25.8 Å². The molecule has 14 heavy (non-hydrogen) atoms. The van der Waals surface area contributed by atoms with Crippen LogP contribution in [0.3, 0.4) is 0 Å². The van der Waals surface area contributed by atoms with E-state index in [1.807, 2.05) is 7.05 Å². The molecule has 0 amide bonds. The molecule has 1 rings (SSSR count). The Morgan fingerprint density at radius 3 is 2.43 bits per heavy atom. The van der Waals surface area contributed by atoms with Gasteiger partial charge in [0.15, 0.2) is 0 Å². The number of rotatable bonds is 5. The van der Waals surface area contributed by atoms with E-state index in [0.29, 0.717) is 0 Å². The molecule has 0 aliphatic carbocycles. The van der Waals surface area contributed by atoms with Crippen molar-refractivity contribution in [3.8, 4) is 0 Å². The zero-order valence-electron chi connectivity index (χ0n) is 9.92. The summed E-state index contributed by atoms with van der Waals surface area (Å²) in [5.74, 6) is 0. The highest BCUT2D eigenvalue weighted by molar-refractivity contribution is 4.74. The molecular weight excluding hydrogens is 174 g/mol. The Bertz CT molecular complexity index is 141. The van der Waals surface area contributed by atoms with Crippen molar-refractivity contribution < 1.29 is 0 Å². The van der Waals surface area contributed by atoms with Crippen molar-refractivity contribution in [2.24, 2.45) is 0 Å². The first-order chi connectivity index (χ1) is 6.74. The van der Waals surface area contributed by atoms with Crippen LogP contribution in [-0.2, 0) is 0 Å². The van der Waals surface area contributed by atoms with Crippen LogP contribution in [0.4, 0.5) is 0 Å². The molecule has 1 aliphatic heterocycles. The minimum absolute atomic E-state index is 0.761. The van der Waals surface area contributed by atoms with Gasteiger partial charge in [-0.2, -0.15) is 0 Å². The first-order valence-electron chi connectivity index (χ1n) is 5.81. The third kappa shape index (κ3) is 3.95. The molecule has 0 radical (unpaired) electrons. The minimum Gasteiger partial charge on any atom is -0.320 e. The van der Waals surface area contributed by atoms with Gasteiger partial charge < -0.3 is 10.2 Å². The van der Waals surface area contributed by atoms with Crippen LogP contribution in [0.1, 0.15) is 19.8 Å². The Kier molecular flexibility index (Phi) is 5.45. The summed E-state index contributed by atoms with van der Waals surface area (Å²) in [4.78, 5) is 5.03. The number of nitrogens with zero attached hydrogens (tertiary/aromatic N) is 2. The van der Waals surface area contributed by atoms with E-state index in [-0.39, 0.29) is 0 Å². The predicted molar refractivity (Wildman–Crippen MR) is 61.7 cm³/mol. The highest BCUT2D eigenvalue weighted by atomic mass is 15.3. The van der Waals surface area contributed by atoms with Crippen molar-refractivity contribution in [1.29, 1.82) is 0 Å². The molecule has 3 heteroatoms. The van der Waals surface area contributed by atoms with Crippen LogP contribution in [0, 0.1) is 0 Å². The molecule has 1 heterocycles. The Labute approximate surface area is 88.5 Å². The molecule has 1 aliphatic rings. The average molecular weight is 199 g/mol. The fraction of sp³-hybridized carbons (Fsp3) is 1.00. The van der Waals surface area contributed by atoms with Crippen LogP contribution in [0.5, 0.6) is 0 Å². The SMILES string of the molecule is CNCCCC(C)N1CCN(C)CC1. The maximum atomic E-state index is 3.21. The van der Waals surface area contributed by atoms with Gasteiger partial charge >= 0.3 is 0 Å². The maximum Gasteiger partial charge on any atom is 0.0113 e. The van der Waals surface area contributed by atoms with Gasteiger partial charge in [0.2, 0.25) is 0 Å². The van der Waals surface area contributed by atoms with Crippen molar-refractivity contribution in [3.05, 3.63) is 0 Å². The zero-order chi connectivity index (χ0) is 10.4. The second-order valence-electron chi connectivity index (χ2n) is 4.43. The summed E-state index contributed by atoms with van der Waals surface area (Å²) in [7, 11) is 4.24. The lowest BCUT2D eigenvalue weighted by Crippen LogP contribution is -2.48. The summed E-state index contributed by atoms with van der Waals surface area (Å²) in [5, 5.41) is 3.21. The number of nitrogens with one attached hydrogen (secondary N) is 1. The third-order valence-corrected chi connectivity index (χ3v) is 3.21. The van der Waals surface area contributed by atoms with E-state index in [1.54, 1.807) is 0 Å². The molecule has 1 atom stereocenters. The van der Waals surface area contributed by atoms with E-state index in [0.717, 1.165) is 12.6 Å². The molecule has 0 saturated carbocycles.